The number of benzene rings is 1. The second kappa shape index (κ2) is 7.36. The van der Waals surface area contributed by atoms with E-state index in [4.69, 9.17) is 4.74 Å². The number of aromatic nitrogens is 3. The minimum atomic E-state index is -0.0716. The average molecular weight is 346 g/mol. The molecular weight excluding hydrogens is 324 g/mol. The molecule has 1 aliphatic rings. The molecule has 1 N–H and O–H groups in total. The first kappa shape index (κ1) is 17.0. The third kappa shape index (κ3) is 3.79. The van der Waals surface area contributed by atoms with E-state index in [1.165, 1.54) is 11.8 Å². The van der Waals surface area contributed by atoms with Gasteiger partial charge in [0.2, 0.25) is 5.91 Å². The summed E-state index contributed by atoms with van der Waals surface area (Å²) < 4.78 is 7.56. The molecule has 0 spiro atoms. The average Bonchev–Trinajstić information content (AvgIpc) is 3.19. The van der Waals surface area contributed by atoms with Crippen molar-refractivity contribution in [3.63, 3.8) is 0 Å². The Labute approximate surface area is 146 Å². The Morgan fingerprint density at radius 3 is 2.75 bits per heavy atom. The second-order valence-electron chi connectivity index (χ2n) is 6.31. The molecule has 2 atom stereocenters. The summed E-state index contributed by atoms with van der Waals surface area (Å²) in [5.74, 6) is 0.311. The molecule has 7 heteroatoms. The van der Waals surface area contributed by atoms with Crippen molar-refractivity contribution in [3.8, 4) is 0 Å². The smallest absolute Gasteiger partial charge is 0.230 e. The number of carbonyl (C=O) groups excluding carboxylic acids is 1. The summed E-state index contributed by atoms with van der Waals surface area (Å²) in [6.07, 6.45) is 2.47. The first-order valence-electron chi connectivity index (χ1n) is 8.09. The molecule has 0 radical (unpaired) electrons. The van der Waals surface area contributed by atoms with Crippen molar-refractivity contribution in [1.82, 2.24) is 14.8 Å². The van der Waals surface area contributed by atoms with Crippen molar-refractivity contribution in [2.45, 2.75) is 36.4 Å². The highest BCUT2D eigenvalue weighted by atomic mass is 32.2. The Morgan fingerprint density at radius 2 is 2.12 bits per heavy atom. The second-order valence-corrected chi connectivity index (χ2v) is 7.36. The molecule has 1 amide bonds. The van der Waals surface area contributed by atoms with Crippen LogP contribution in [-0.2, 0) is 16.6 Å². The highest BCUT2D eigenvalue weighted by Gasteiger charge is 2.35. The van der Waals surface area contributed by atoms with E-state index in [1.54, 1.807) is 6.33 Å². The molecule has 6 nitrogen and oxygen atoms in total. The summed E-state index contributed by atoms with van der Waals surface area (Å²) in [7, 11) is 1.91. The highest BCUT2D eigenvalue weighted by molar-refractivity contribution is 7.99. The van der Waals surface area contributed by atoms with Crippen LogP contribution >= 0.6 is 11.8 Å². The standard InChI is InChI=1S/C17H22N4O2S/c1-11(2)15-14(8-9-23-15)16(22)19-12-4-6-13(7-5-12)24-17-20-18-10-21(17)3/h4-7,10-11,14-15H,8-9H2,1-3H3,(H,19,22)/t14-,15+/m1/s1. The summed E-state index contributed by atoms with van der Waals surface area (Å²) in [6, 6.07) is 7.77. The predicted octanol–water partition coefficient (Wildman–Crippen LogP) is 2.97. The minimum Gasteiger partial charge on any atom is -0.377 e. The van der Waals surface area contributed by atoms with Gasteiger partial charge < -0.3 is 14.6 Å². The Morgan fingerprint density at radius 1 is 1.38 bits per heavy atom. The van der Waals surface area contributed by atoms with Gasteiger partial charge in [0, 0.05) is 24.2 Å². The van der Waals surface area contributed by atoms with Gasteiger partial charge in [-0.3, -0.25) is 4.79 Å². The van der Waals surface area contributed by atoms with E-state index < -0.39 is 0 Å². The lowest BCUT2D eigenvalue weighted by molar-refractivity contribution is -0.122. The Balaban J connectivity index is 1.62. The molecule has 1 aliphatic heterocycles. The largest absolute Gasteiger partial charge is 0.377 e. The Hall–Kier alpha value is -1.86. The van der Waals surface area contributed by atoms with E-state index in [2.05, 4.69) is 29.4 Å². The number of nitrogens with one attached hydrogen (secondary N) is 1. The van der Waals surface area contributed by atoms with Crippen LogP contribution in [0.4, 0.5) is 5.69 Å². The lowest BCUT2D eigenvalue weighted by Gasteiger charge is -2.21. The fourth-order valence-electron chi connectivity index (χ4n) is 2.86. The molecule has 24 heavy (non-hydrogen) atoms. The maximum Gasteiger partial charge on any atom is 0.230 e. The van der Waals surface area contributed by atoms with Crippen molar-refractivity contribution in [2.75, 3.05) is 11.9 Å². The van der Waals surface area contributed by atoms with Crippen molar-refractivity contribution in [2.24, 2.45) is 18.9 Å². The predicted molar refractivity (Wildman–Crippen MR) is 92.9 cm³/mol. The third-order valence-corrected chi connectivity index (χ3v) is 5.19. The number of carbonyl (C=O) groups is 1. The quantitative estimate of drug-likeness (QED) is 0.901. The molecule has 3 rings (SSSR count). The zero-order chi connectivity index (χ0) is 17.1. The normalized spacial score (nSPS) is 20.5. The van der Waals surface area contributed by atoms with E-state index >= 15 is 0 Å². The van der Waals surface area contributed by atoms with Gasteiger partial charge in [-0.05, 0) is 48.4 Å². The Kier molecular flexibility index (Phi) is 5.20. The third-order valence-electron chi connectivity index (χ3n) is 4.13. The van der Waals surface area contributed by atoms with Gasteiger partial charge in [0.25, 0.3) is 0 Å². The van der Waals surface area contributed by atoms with Crippen molar-refractivity contribution < 1.29 is 9.53 Å². The number of amides is 1. The first-order chi connectivity index (χ1) is 11.5. The van der Waals surface area contributed by atoms with E-state index in [1.807, 2.05) is 35.9 Å². The summed E-state index contributed by atoms with van der Waals surface area (Å²) in [4.78, 5) is 13.5. The van der Waals surface area contributed by atoms with Crippen molar-refractivity contribution in [3.05, 3.63) is 30.6 Å². The number of hydrogen-bond donors (Lipinski definition) is 1. The molecule has 1 aromatic heterocycles. The lowest BCUT2D eigenvalue weighted by atomic mass is 9.92. The van der Waals surface area contributed by atoms with Crippen molar-refractivity contribution in [1.29, 1.82) is 0 Å². The van der Waals surface area contributed by atoms with Crippen molar-refractivity contribution >= 4 is 23.4 Å². The van der Waals surface area contributed by atoms with E-state index in [9.17, 15) is 4.79 Å². The van der Waals surface area contributed by atoms with E-state index in [-0.39, 0.29) is 17.9 Å². The van der Waals surface area contributed by atoms with E-state index in [0.717, 1.165) is 22.2 Å². The molecule has 128 valence electrons. The fraction of sp³-hybridized carbons (Fsp3) is 0.471. The Bertz CT molecular complexity index is 699. The van der Waals surface area contributed by atoms with Crippen LogP contribution in [0.3, 0.4) is 0 Å². The van der Waals surface area contributed by atoms with Crippen LogP contribution in [0.5, 0.6) is 0 Å². The number of nitrogens with zero attached hydrogens (tertiary/aromatic N) is 3. The zero-order valence-electron chi connectivity index (χ0n) is 14.1. The molecule has 0 unspecified atom stereocenters. The lowest BCUT2D eigenvalue weighted by Crippen LogP contribution is -2.32. The minimum absolute atomic E-state index is 0.00995. The molecular formula is C17H22N4O2S. The topological polar surface area (TPSA) is 69.0 Å². The van der Waals surface area contributed by atoms with Gasteiger partial charge in [-0.2, -0.15) is 0 Å². The molecule has 0 bridgehead atoms. The van der Waals surface area contributed by atoms with Gasteiger partial charge in [0.1, 0.15) is 6.33 Å². The van der Waals surface area contributed by atoms with Crippen LogP contribution in [0.25, 0.3) is 0 Å². The SMILES string of the molecule is CC(C)[C@@H]1OCC[C@H]1C(=O)Nc1ccc(Sc2nncn2C)cc1. The van der Waals surface area contributed by atoms with Gasteiger partial charge in [-0.1, -0.05) is 13.8 Å². The maximum atomic E-state index is 12.5. The fourth-order valence-corrected chi connectivity index (χ4v) is 3.62. The van der Waals surface area contributed by atoms with Gasteiger partial charge in [0.15, 0.2) is 5.16 Å². The summed E-state index contributed by atoms with van der Waals surface area (Å²) in [6.45, 7) is 4.84. The van der Waals surface area contributed by atoms with Crippen LogP contribution in [0, 0.1) is 11.8 Å². The molecule has 1 fully saturated rings. The molecule has 2 aromatic rings. The molecule has 2 heterocycles. The summed E-state index contributed by atoms with van der Waals surface area (Å²) >= 11 is 1.53. The molecule has 0 saturated carbocycles. The van der Waals surface area contributed by atoms with Crippen LogP contribution in [0.15, 0.2) is 40.6 Å². The summed E-state index contributed by atoms with van der Waals surface area (Å²) in [5.41, 5.74) is 0.803. The summed E-state index contributed by atoms with van der Waals surface area (Å²) in [5, 5.41) is 11.7. The maximum absolute atomic E-state index is 12.5. The van der Waals surface area contributed by atoms with Crippen LogP contribution < -0.4 is 5.32 Å². The van der Waals surface area contributed by atoms with Gasteiger partial charge in [-0.25, -0.2) is 0 Å². The molecule has 0 aliphatic carbocycles. The first-order valence-corrected chi connectivity index (χ1v) is 8.90. The molecule has 1 saturated heterocycles. The number of rotatable bonds is 5. The number of anilines is 1. The van der Waals surface area contributed by atoms with Gasteiger partial charge in [-0.15, -0.1) is 10.2 Å². The molecule has 1 aromatic carbocycles. The highest BCUT2D eigenvalue weighted by Crippen LogP contribution is 2.29. The number of ether oxygens (including phenoxy) is 1. The zero-order valence-corrected chi connectivity index (χ0v) is 14.9. The number of hydrogen-bond acceptors (Lipinski definition) is 5. The van der Waals surface area contributed by atoms with Gasteiger partial charge in [0.05, 0.1) is 12.0 Å². The van der Waals surface area contributed by atoms with Crippen LogP contribution in [0.1, 0.15) is 20.3 Å². The number of aryl methyl sites for hydroxylation is 1. The van der Waals surface area contributed by atoms with Gasteiger partial charge >= 0.3 is 0 Å². The van der Waals surface area contributed by atoms with Crippen LogP contribution in [0.2, 0.25) is 0 Å². The monoisotopic (exact) mass is 346 g/mol. The van der Waals surface area contributed by atoms with Crippen LogP contribution in [-0.4, -0.2) is 33.4 Å². The van der Waals surface area contributed by atoms with E-state index in [0.29, 0.717) is 12.5 Å².